The summed E-state index contributed by atoms with van der Waals surface area (Å²) in [7, 11) is 1.30. The maximum absolute atomic E-state index is 11.1. The Hall–Kier alpha value is -1.13. The standard InChI is InChI=1S/C10H13ClN2O2/c1-6-3-7(9(11)13-5-6)4-8(12)10(14)15-2/h3,5,8H,4,12H2,1-2H3/t8-/m1/s1. The number of carbonyl (C=O) groups excluding carboxylic acids is 1. The lowest BCUT2D eigenvalue weighted by Gasteiger charge is -2.10. The Kier molecular flexibility index (Phi) is 4.05. The lowest BCUT2D eigenvalue weighted by molar-refractivity contribution is -0.142. The lowest BCUT2D eigenvalue weighted by Crippen LogP contribution is -2.33. The molecule has 0 saturated heterocycles. The smallest absolute Gasteiger partial charge is 0.322 e. The Balaban J connectivity index is 2.80. The highest BCUT2D eigenvalue weighted by atomic mass is 35.5. The molecule has 1 heterocycles. The molecule has 0 aliphatic heterocycles. The quantitative estimate of drug-likeness (QED) is 0.621. The minimum atomic E-state index is -0.698. The first-order valence-corrected chi connectivity index (χ1v) is 4.87. The SMILES string of the molecule is COC(=O)[C@H](N)Cc1cc(C)cnc1Cl. The summed E-state index contributed by atoms with van der Waals surface area (Å²) in [5.74, 6) is -0.451. The van der Waals surface area contributed by atoms with Crippen LogP contribution in [0.25, 0.3) is 0 Å². The predicted octanol–water partition coefficient (Wildman–Crippen LogP) is 1.09. The van der Waals surface area contributed by atoms with Gasteiger partial charge in [0.05, 0.1) is 7.11 Å². The Morgan fingerprint density at radius 3 is 3.00 bits per heavy atom. The number of nitrogens with zero attached hydrogens (tertiary/aromatic N) is 1. The number of rotatable bonds is 3. The zero-order valence-corrected chi connectivity index (χ0v) is 9.41. The van der Waals surface area contributed by atoms with Crippen LogP contribution in [0.4, 0.5) is 0 Å². The van der Waals surface area contributed by atoms with Crippen molar-refractivity contribution in [3.05, 3.63) is 28.5 Å². The van der Waals surface area contributed by atoms with Gasteiger partial charge in [0.1, 0.15) is 11.2 Å². The van der Waals surface area contributed by atoms with Crippen LogP contribution in [0.15, 0.2) is 12.3 Å². The van der Waals surface area contributed by atoms with E-state index >= 15 is 0 Å². The third-order valence-corrected chi connectivity index (χ3v) is 2.33. The first kappa shape index (κ1) is 11.9. The predicted molar refractivity (Wildman–Crippen MR) is 57.7 cm³/mol. The summed E-state index contributed by atoms with van der Waals surface area (Å²) in [6.45, 7) is 1.90. The van der Waals surface area contributed by atoms with Crippen molar-refractivity contribution in [2.24, 2.45) is 5.73 Å². The molecular formula is C10H13ClN2O2. The highest BCUT2D eigenvalue weighted by molar-refractivity contribution is 6.30. The van der Waals surface area contributed by atoms with Crippen LogP contribution in [0.5, 0.6) is 0 Å². The molecule has 0 aliphatic carbocycles. The number of hydrogen-bond donors (Lipinski definition) is 1. The Bertz CT molecular complexity index is 368. The Morgan fingerprint density at radius 1 is 1.73 bits per heavy atom. The monoisotopic (exact) mass is 228 g/mol. The number of hydrogen-bond acceptors (Lipinski definition) is 4. The number of pyridine rings is 1. The largest absolute Gasteiger partial charge is 0.468 e. The second-order valence-corrected chi connectivity index (χ2v) is 3.65. The molecule has 82 valence electrons. The molecular weight excluding hydrogens is 216 g/mol. The topological polar surface area (TPSA) is 65.2 Å². The average molecular weight is 229 g/mol. The molecule has 5 heteroatoms. The molecule has 0 spiro atoms. The number of halogens is 1. The van der Waals surface area contributed by atoms with Crippen LogP contribution >= 0.6 is 11.6 Å². The summed E-state index contributed by atoms with van der Waals surface area (Å²) in [6.07, 6.45) is 2.00. The van der Waals surface area contributed by atoms with E-state index in [1.165, 1.54) is 7.11 Å². The van der Waals surface area contributed by atoms with Crippen molar-refractivity contribution in [2.75, 3.05) is 7.11 Å². The van der Waals surface area contributed by atoms with Gasteiger partial charge < -0.3 is 10.5 Å². The first-order chi connectivity index (χ1) is 7.04. The molecule has 1 aromatic rings. The third kappa shape index (κ3) is 3.18. The third-order valence-electron chi connectivity index (χ3n) is 1.99. The maximum atomic E-state index is 11.1. The van der Waals surface area contributed by atoms with E-state index in [0.29, 0.717) is 11.6 Å². The van der Waals surface area contributed by atoms with E-state index in [-0.39, 0.29) is 0 Å². The zero-order valence-electron chi connectivity index (χ0n) is 8.66. The van der Waals surface area contributed by atoms with Crippen molar-refractivity contribution in [3.8, 4) is 0 Å². The van der Waals surface area contributed by atoms with Crippen molar-refractivity contribution in [1.82, 2.24) is 4.98 Å². The zero-order chi connectivity index (χ0) is 11.4. The highest BCUT2D eigenvalue weighted by Gasteiger charge is 2.16. The van der Waals surface area contributed by atoms with E-state index in [1.807, 2.05) is 13.0 Å². The van der Waals surface area contributed by atoms with Crippen molar-refractivity contribution in [3.63, 3.8) is 0 Å². The van der Waals surface area contributed by atoms with Crippen molar-refractivity contribution >= 4 is 17.6 Å². The summed E-state index contributed by atoms with van der Waals surface area (Å²) in [5.41, 5.74) is 7.35. The second kappa shape index (κ2) is 5.09. The molecule has 1 atom stereocenters. The molecule has 0 amide bonds. The van der Waals surface area contributed by atoms with E-state index in [4.69, 9.17) is 17.3 Å². The van der Waals surface area contributed by atoms with Gasteiger partial charge in [-0.1, -0.05) is 17.7 Å². The van der Waals surface area contributed by atoms with E-state index in [0.717, 1.165) is 11.1 Å². The van der Waals surface area contributed by atoms with Gasteiger partial charge in [-0.2, -0.15) is 0 Å². The van der Waals surface area contributed by atoms with Gasteiger partial charge in [-0.05, 0) is 18.1 Å². The van der Waals surface area contributed by atoms with E-state index in [1.54, 1.807) is 6.20 Å². The van der Waals surface area contributed by atoms with Crippen LogP contribution in [0.3, 0.4) is 0 Å². The minimum absolute atomic E-state index is 0.334. The summed E-state index contributed by atoms with van der Waals surface area (Å²) < 4.78 is 4.53. The average Bonchev–Trinajstić information content (AvgIpc) is 2.22. The van der Waals surface area contributed by atoms with Gasteiger partial charge >= 0.3 is 5.97 Å². The first-order valence-electron chi connectivity index (χ1n) is 4.49. The Morgan fingerprint density at radius 2 is 2.40 bits per heavy atom. The van der Waals surface area contributed by atoms with Crippen molar-refractivity contribution in [1.29, 1.82) is 0 Å². The number of aromatic nitrogens is 1. The molecule has 0 bridgehead atoms. The molecule has 0 aromatic carbocycles. The number of ether oxygens (including phenoxy) is 1. The van der Waals surface area contributed by atoms with Gasteiger partial charge in [0.25, 0.3) is 0 Å². The number of methoxy groups -OCH3 is 1. The fourth-order valence-corrected chi connectivity index (χ4v) is 1.41. The molecule has 0 fully saturated rings. The summed E-state index contributed by atoms with van der Waals surface area (Å²) >= 11 is 5.87. The van der Waals surface area contributed by atoms with Crippen LogP contribution in [0.2, 0.25) is 5.15 Å². The van der Waals surface area contributed by atoms with Gasteiger partial charge in [0, 0.05) is 12.6 Å². The maximum Gasteiger partial charge on any atom is 0.322 e. The minimum Gasteiger partial charge on any atom is -0.468 e. The van der Waals surface area contributed by atoms with Gasteiger partial charge in [-0.15, -0.1) is 0 Å². The molecule has 0 aliphatic rings. The van der Waals surface area contributed by atoms with Gasteiger partial charge in [-0.25, -0.2) is 4.98 Å². The van der Waals surface area contributed by atoms with Crippen LogP contribution < -0.4 is 5.73 Å². The summed E-state index contributed by atoms with van der Waals surface area (Å²) in [4.78, 5) is 15.1. The number of aryl methyl sites for hydroxylation is 1. The van der Waals surface area contributed by atoms with Crippen LogP contribution in [0.1, 0.15) is 11.1 Å². The molecule has 1 rings (SSSR count). The molecule has 1 aromatic heterocycles. The van der Waals surface area contributed by atoms with Gasteiger partial charge in [0.15, 0.2) is 0 Å². The van der Waals surface area contributed by atoms with Crippen molar-refractivity contribution in [2.45, 2.75) is 19.4 Å². The molecule has 4 nitrogen and oxygen atoms in total. The van der Waals surface area contributed by atoms with Gasteiger partial charge in [-0.3, -0.25) is 4.79 Å². The molecule has 0 unspecified atom stereocenters. The second-order valence-electron chi connectivity index (χ2n) is 3.30. The number of esters is 1. The fraction of sp³-hybridized carbons (Fsp3) is 0.400. The summed E-state index contributed by atoms with van der Waals surface area (Å²) in [5, 5.41) is 0.375. The van der Waals surface area contributed by atoms with Crippen LogP contribution in [-0.4, -0.2) is 24.1 Å². The van der Waals surface area contributed by atoms with E-state index in [9.17, 15) is 4.79 Å². The van der Waals surface area contributed by atoms with Crippen molar-refractivity contribution < 1.29 is 9.53 Å². The van der Waals surface area contributed by atoms with E-state index in [2.05, 4.69) is 9.72 Å². The van der Waals surface area contributed by atoms with Gasteiger partial charge in [0.2, 0.25) is 0 Å². The summed E-state index contributed by atoms with van der Waals surface area (Å²) in [6, 6.07) is 1.16. The number of carbonyl (C=O) groups is 1. The Labute approximate surface area is 93.4 Å². The molecule has 0 radical (unpaired) electrons. The lowest BCUT2D eigenvalue weighted by atomic mass is 10.1. The number of nitrogens with two attached hydrogens (primary N) is 1. The van der Waals surface area contributed by atoms with Crippen LogP contribution in [0, 0.1) is 6.92 Å². The molecule has 15 heavy (non-hydrogen) atoms. The molecule has 0 saturated carbocycles. The highest BCUT2D eigenvalue weighted by Crippen LogP contribution is 2.15. The van der Waals surface area contributed by atoms with Crippen LogP contribution in [-0.2, 0) is 16.0 Å². The van der Waals surface area contributed by atoms with E-state index < -0.39 is 12.0 Å². The molecule has 2 N–H and O–H groups in total. The normalized spacial score (nSPS) is 12.3. The fourth-order valence-electron chi connectivity index (χ4n) is 1.23.